The molecule has 1 aliphatic heterocycles. The molecule has 2 aromatic heterocycles. The molecule has 1 saturated carbocycles. The second-order valence-corrected chi connectivity index (χ2v) is 9.88. The number of thiophene rings is 1. The molecule has 3 heterocycles. The number of carbonyl (C=O) groups excluding carboxylic acids is 1. The van der Waals surface area contributed by atoms with E-state index in [0.717, 1.165) is 54.5 Å². The third kappa shape index (κ3) is 4.18. The van der Waals surface area contributed by atoms with E-state index in [9.17, 15) is 4.79 Å². The van der Waals surface area contributed by atoms with Gasteiger partial charge in [-0.15, -0.1) is 11.3 Å². The van der Waals surface area contributed by atoms with Gasteiger partial charge in [0.05, 0.1) is 17.5 Å². The van der Waals surface area contributed by atoms with E-state index in [2.05, 4.69) is 22.5 Å². The van der Waals surface area contributed by atoms with Crippen molar-refractivity contribution in [3.63, 3.8) is 0 Å². The van der Waals surface area contributed by atoms with E-state index in [1.165, 1.54) is 29.5 Å². The van der Waals surface area contributed by atoms with Crippen LogP contribution in [-0.4, -0.2) is 35.6 Å². The zero-order valence-electron chi connectivity index (χ0n) is 18.8. The fourth-order valence-electron chi connectivity index (χ4n) is 4.59. The van der Waals surface area contributed by atoms with Gasteiger partial charge in [-0.2, -0.15) is 0 Å². The number of fused-ring (bicyclic) bond motifs is 1. The van der Waals surface area contributed by atoms with E-state index in [1.807, 2.05) is 31.2 Å². The summed E-state index contributed by atoms with van der Waals surface area (Å²) in [7, 11) is 0. The van der Waals surface area contributed by atoms with Gasteiger partial charge in [-0.3, -0.25) is 4.79 Å². The number of rotatable bonds is 6. The number of hydrogen-bond acceptors (Lipinski definition) is 6. The topological polar surface area (TPSA) is 67.3 Å². The number of benzene rings is 1. The number of piperidine rings is 1. The van der Waals surface area contributed by atoms with Crippen molar-refractivity contribution in [3.05, 3.63) is 40.3 Å². The first kappa shape index (κ1) is 21.2. The van der Waals surface area contributed by atoms with Crippen molar-refractivity contribution >= 4 is 39.7 Å². The lowest BCUT2D eigenvalue weighted by Crippen LogP contribution is -2.39. The van der Waals surface area contributed by atoms with Gasteiger partial charge in [0.1, 0.15) is 17.4 Å². The van der Waals surface area contributed by atoms with Crippen molar-refractivity contribution in [2.75, 3.05) is 29.9 Å². The number of aryl methyl sites for hydroxylation is 1. The molecule has 5 rings (SSSR count). The van der Waals surface area contributed by atoms with Gasteiger partial charge in [0, 0.05) is 40.9 Å². The SMILES string of the molecule is CCOc1ccc(NC(=O)C2CCN(c3nc(C4CCC4)nc4csc(C)c34)CC2)cc1. The van der Waals surface area contributed by atoms with Crippen LogP contribution >= 0.6 is 11.3 Å². The Hall–Kier alpha value is -2.67. The largest absolute Gasteiger partial charge is 0.494 e. The number of aromatic nitrogens is 2. The first-order chi connectivity index (χ1) is 15.6. The van der Waals surface area contributed by atoms with Crippen molar-refractivity contribution < 1.29 is 9.53 Å². The van der Waals surface area contributed by atoms with E-state index >= 15 is 0 Å². The quantitative estimate of drug-likeness (QED) is 0.535. The van der Waals surface area contributed by atoms with Gasteiger partial charge in [-0.1, -0.05) is 6.42 Å². The number of nitrogens with zero attached hydrogens (tertiary/aromatic N) is 3. The van der Waals surface area contributed by atoms with Gasteiger partial charge in [-0.05, 0) is 63.8 Å². The molecule has 2 fully saturated rings. The summed E-state index contributed by atoms with van der Waals surface area (Å²) in [4.78, 5) is 26.4. The van der Waals surface area contributed by atoms with Crippen molar-refractivity contribution in [2.24, 2.45) is 5.92 Å². The van der Waals surface area contributed by atoms with E-state index in [0.29, 0.717) is 12.5 Å². The Morgan fingerprint density at radius 1 is 1.16 bits per heavy atom. The normalized spacial score (nSPS) is 17.4. The van der Waals surface area contributed by atoms with E-state index in [1.54, 1.807) is 11.3 Å². The lowest BCUT2D eigenvalue weighted by molar-refractivity contribution is -0.120. The van der Waals surface area contributed by atoms with Gasteiger partial charge in [0.15, 0.2) is 0 Å². The molecule has 6 nitrogen and oxygen atoms in total. The van der Waals surface area contributed by atoms with Crippen LogP contribution in [0.2, 0.25) is 0 Å². The highest BCUT2D eigenvalue weighted by molar-refractivity contribution is 7.11. The standard InChI is InChI=1S/C25H30N4O2S/c1-3-31-20-9-7-19(8-10-20)26-25(30)18-11-13-29(14-12-18)24-22-16(2)32-15-21(22)27-23(28-24)17-5-4-6-17/h7-10,15,17-18H,3-6,11-14H2,1-2H3,(H,26,30). The third-order valence-electron chi connectivity index (χ3n) is 6.70. The predicted molar refractivity (Wildman–Crippen MR) is 130 cm³/mol. The Labute approximate surface area is 193 Å². The molecule has 0 spiro atoms. The third-order valence-corrected chi connectivity index (χ3v) is 7.60. The Bertz CT molecular complexity index is 1100. The van der Waals surface area contributed by atoms with Crippen molar-refractivity contribution in [1.29, 1.82) is 0 Å². The summed E-state index contributed by atoms with van der Waals surface area (Å²) in [5.41, 5.74) is 1.90. The van der Waals surface area contributed by atoms with Crippen LogP contribution < -0.4 is 15.0 Å². The summed E-state index contributed by atoms with van der Waals surface area (Å²) in [6.07, 6.45) is 5.33. The summed E-state index contributed by atoms with van der Waals surface area (Å²) >= 11 is 1.75. The second-order valence-electron chi connectivity index (χ2n) is 8.79. The molecule has 168 valence electrons. The Morgan fingerprint density at radius 3 is 2.56 bits per heavy atom. The van der Waals surface area contributed by atoms with Crippen LogP contribution in [-0.2, 0) is 4.79 Å². The maximum absolute atomic E-state index is 12.9. The maximum Gasteiger partial charge on any atom is 0.227 e. The van der Waals surface area contributed by atoms with Crippen LogP contribution in [0.3, 0.4) is 0 Å². The van der Waals surface area contributed by atoms with Crippen LogP contribution in [0.5, 0.6) is 5.75 Å². The fourth-order valence-corrected chi connectivity index (χ4v) is 5.36. The molecule has 1 amide bonds. The molecule has 3 aromatic rings. The smallest absolute Gasteiger partial charge is 0.227 e. The number of ether oxygens (including phenoxy) is 1. The first-order valence-electron chi connectivity index (χ1n) is 11.7. The minimum Gasteiger partial charge on any atom is -0.494 e. The summed E-state index contributed by atoms with van der Waals surface area (Å²) < 4.78 is 5.48. The zero-order chi connectivity index (χ0) is 22.1. The Kier molecular flexibility index (Phi) is 6.00. The maximum atomic E-state index is 12.9. The number of nitrogens with one attached hydrogen (secondary N) is 1. The summed E-state index contributed by atoms with van der Waals surface area (Å²) in [6, 6.07) is 7.59. The van der Waals surface area contributed by atoms with Gasteiger partial charge in [0.2, 0.25) is 5.91 Å². The Balaban J connectivity index is 1.27. The lowest BCUT2D eigenvalue weighted by Gasteiger charge is -2.33. The summed E-state index contributed by atoms with van der Waals surface area (Å²) in [5.74, 6) is 3.53. The average molecular weight is 451 g/mol. The highest BCUT2D eigenvalue weighted by Gasteiger charge is 2.29. The molecular formula is C25H30N4O2S. The van der Waals surface area contributed by atoms with Crippen LogP contribution in [0.25, 0.3) is 10.9 Å². The van der Waals surface area contributed by atoms with Crippen molar-refractivity contribution in [3.8, 4) is 5.75 Å². The minimum absolute atomic E-state index is 0.0184. The molecule has 1 N–H and O–H groups in total. The van der Waals surface area contributed by atoms with E-state index < -0.39 is 0 Å². The molecule has 0 radical (unpaired) electrons. The molecule has 2 aliphatic rings. The van der Waals surface area contributed by atoms with Crippen molar-refractivity contribution in [1.82, 2.24) is 9.97 Å². The second kappa shape index (κ2) is 9.06. The van der Waals surface area contributed by atoms with E-state index in [4.69, 9.17) is 14.7 Å². The molecule has 32 heavy (non-hydrogen) atoms. The van der Waals surface area contributed by atoms with Gasteiger partial charge in [-0.25, -0.2) is 9.97 Å². The first-order valence-corrected chi connectivity index (χ1v) is 12.5. The molecule has 0 atom stereocenters. The molecule has 0 bridgehead atoms. The molecular weight excluding hydrogens is 420 g/mol. The highest BCUT2D eigenvalue weighted by atomic mass is 32.1. The van der Waals surface area contributed by atoms with Gasteiger partial charge >= 0.3 is 0 Å². The van der Waals surface area contributed by atoms with Crippen molar-refractivity contribution in [2.45, 2.75) is 51.9 Å². The van der Waals surface area contributed by atoms with Gasteiger partial charge < -0.3 is 15.0 Å². The van der Waals surface area contributed by atoms with Crippen LogP contribution in [0.15, 0.2) is 29.6 Å². The van der Waals surface area contributed by atoms with Gasteiger partial charge in [0.25, 0.3) is 0 Å². The summed E-state index contributed by atoms with van der Waals surface area (Å²) in [6.45, 7) is 6.43. The molecule has 7 heteroatoms. The van der Waals surface area contributed by atoms with Crippen LogP contribution in [0.1, 0.15) is 55.6 Å². The lowest BCUT2D eigenvalue weighted by atomic mass is 9.85. The number of anilines is 2. The zero-order valence-corrected chi connectivity index (χ0v) is 19.6. The molecule has 1 aromatic carbocycles. The number of hydrogen-bond donors (Lipinski definition) is 1. The molecule has 1 aliphatic carbocycles. The molecule has 0 unspecified atom stereocenters. The fraction of sp³-hybridized carbons (Fsp3) is 0.480. The number of carbonyl (C=O) groups is 1. The number of amides is 1. The molecule has 1 saturated heterocycles. The highest BCUT2D eigenvalue weighted by Crippen LogP contribution is 2.39. The van der Waals surface area contributed by atoms with E-state index in [-0.39, 0.29) is 11.8 Å². The van der Waals surface area contributed by atoms with Crippen LogP contribution in [0.4, 0.5) is 11.5 Å². The predicted octanol–water partition coefficient (Wildman–Crippen LogP) is 5.52. The Morgan fingerprint density at radius 2 is 1.91 bits per heavy atom. The summed E-state index contributed by atoms with van der Waals surface area (Å²) in [5, 5.41) is 6.42. The monoisotopic (exact) mass is 450 g/mol. The van der Waals surface area contributed by atoms with Crippen LogP contribution in [0, 0.1) is 12.8 Å². The average Bonchev–Trinajstić information content (AvgIpc) is 3.14. The minimum atomic E-state index is 0.0184.